The first-order valence-electron chi connectivity index (χ1n) is 6.02. The van der Waals surface area contributed by atoms with Gasteiger partial charge in [-0.05, 0) is 23.1 Å². The summed E-state index contributed by atoms with van der Waals surface area (Å²) >= 11 is 3.43. The second kappa shape index (κ2) is 5.11. The molecule has 0 fully saturated rings. The smallest absolute Gasteiger partial charge is 0.106 e. The van der Waals surface area contributed by atoms with Crippen molar-refractivity contribution in [3.63, 3.8) is 0 Å². The summed E-state index contributed by atoms with van der Waals surface area (Å²) in [4.78, 5) is 4.21. The lowest BCUT2D eigenvalue weighted by Gasteiger charge is -2.14. The molecule has 2 nitrogen and oxygen atoms in total. The molecule has 0 aliphatic rings. The fraction of sp³-hybridized carbons (Fsp3) is 0.0625. The molecule has 1 unspecified atom stereocenters. The largest absolute Gasteiger partial charge is 0.384 e. The fourth-order valence-electron chi connectivity index (χ4n) is 2.21. The predicted octanol–water partition coefficient (Wildman–Crippen LogP) is 4.08. The van der Waals surface area contributed by atoms with Gasteiger partial charge in [0.25, 0.3) is 0 Å². The van der Waals surface area contributed by atoms with Crippen LogP contribution in [-0.4, -0.2) is 10.1 Å². The maximum Gasteiger partial charge on any atom is 0.106 e. The number of nitrogens with zero attached hydrogens (tertiary/aromatic N) is 1. The number of aliphatic hydroxyl groups is 1. The van der Waals surface area contributed by atoms with Gasteiger partial charge in [0, 0.05) is 27.8 Å². The Hall–Kier alpha value is -1.71. The van der Waals surface area contributed by atoms with E-state index in [2.05, 4.69) is 20.9 Å². The number of hydrogen-bond acceptors (Lipinski definition) is 2. The van der Waals surface area contributed by atoms with Crippen molar-refractivity contribution in [2.45, 2.75) is 6.10 Å². The molecule has 3 rings (SSSR count). The highest BCUT2D eigenvalue weighted by atomic mass is 79.9. The van der Waals surface area contributed by atoms with Crippen molar-refractivity contribution in [2.24, 2.45) is 0 Å². The minimum Gasteiger partial charge on any atom is -0.384 e. The lowest BCUT2D eigenvalue weighted by molar-refractivity contribution is 0.221. The van der Waals surface area contributed by atoms with Crippen LogP contribution in [0.2, 0.25) is 0 Å². The van der Waals surface area contributed by atoms with Crippen LogP contribution in [0.5, 0.6) is 0 Å². The van der Waals surface area contributed by atoms with Crippen molar-refractivity contribution in [3.8, 4) is 0 Å². The SMILES string of the molecule is OC(c1cccc(Br)c1)c1cncc2ccccc12. The normalized spacial score (nSPS) is 12.5. The van der Waals surface area contributed by atoms with Crippen LogP contribution < -0.4 is 0 Å². The molecule has 0 spiro atoms. The monoisotopic (exact) mass is 313 g/mol. The maximum atomic E-state index is 10.6. The Bertz CT molecular complexity index is 721. The van der Waals surface area contributed by atoms with Gasteiger partial charge in [0.2, 0.25) is 0 Å². The standard InChI is InChI=1S/C16H12BrNO/c17-13-6-3-5-11(8-13)16(19)15-10-18-9-12-4-1-2-7-14(12)15/h1-10,16,19H. The zero-order chi connectivity index (χ0) is 13.2. The number of fused-ring (bicyclic) bond motifs is 1. The number of benzene rings is 2. The Morgan fingerprint density at radius 1 is 1.00 bits per heavy atom. The highest BCUT2D eigenvalue weighted by molar-refractivity contribution is 9.10. The second-order valence-electron chi connectivity index (χ2n) is 4.41. The van der Waals surface area contributed by atoms with Gasteiger partial charge in [-0.2, -0.15) is 0 Å². The topological polar surface area (TPSA) is 33.1 Å². The summed E-state index contributed by atoms with van der Waals surface area (Å²) in [5.74, 6) is 0. The predicted molar refractivity (Wildman–Crippen MR) is 79.9 cm³/mol. The molecule has 0 aliphatic heterocycles. The molecule has 3 heteroatoms. The Morgan fingerprint density at radius 3 is 2.68 bits per heavy atom. The Balaban J connectivity index is 2.14. The molecule has 0 saturated carbocycles. The van der Waals surface area contributed by atoms with E-state index in [-0.39, 0.29) is 0 Å². The first-order valence-corrected chi connectivity index (χ1v) is 6.81. The zero-order valence-electron chi connectivity index (χ0n) is 10.1. The molecule has 0 saturated heterocycles. The molecule has 1 N–H and O–H groups in total. The summed E-state index contributed by atoms with van der Waals surface area (Å²) in [7, 11) is 0. The Kier molecular flexibility index (Phi) is 3.32. The molecular weight excluding hydrogens is 302 g/mol. The van der Waals surface area contributed by atoms with Gasteiger partial charge in [0.05, 0.1) is 0 Å². The van der Waals surface area contributed by atoms with Crippen LogP contribution >= 0.6 is 15.9 Å². The quantitative estimate of drug-likeness (QED) is 0.773. The Morgan fingerprint density at radius 2 is 1.84 bits per heavy atom. The molecule has 0 bridgehead atoms. The third kappa shape index (κ3) is 2.39. The average Bonchev–Trinajstić information content (AvgIpc) is 2.46. The van der Waals surface area contributed by atoms with Crippen molar-refractivity contribution in [2.75, 3.05) is 0 Å². The van der Waals surface area contributed by atoms with Gasteiger partial charge in [-0.1, -0.05) is 52.3 Å². The molecule has 1 heterocycles. The highest BCUT2D eigenvalue weighted by Crippen LogP contribution is 2.29. The van der Waals surface area contributed by atoms with Crippen molar-refractivity contribution in [1.29, 1.82) is 0 Å². The third-order valence-corrected chi connectivity index (χ3v) is 3.65. The van der Waals surface area contributed by atoms with Crippen LogP contribution in [-0.2, 0) is 0 Å². The van der Waals surface area contributed by atoms with Gasteiger partial charge in [-0.3, -0.25) is 4.98 Å². The van der Waals surface area contributed by atoms with Gasteiger partial charge < -0.3 is 5.11 Å². The molecule has 2 aromatic carbocycles. The summed E-state index contributed by atoms with van der Waals surface area (Å²) in [5.41, 5.74) is 1.68. The van der Waals surface area contributed by atoms with Crippen molar-refractivity contribution in [1.82, 2.24) is 4.98 Å². The van der Waals surface area contributed by atoms with Gasteiger partial charge in [-0.15, -0.1) is 0 Å². The van der Waals surface area contributed by atoms with Crippen LogP contribution in [0.4, 0.5) is 0 Å². The first kappa shape index (κ1) is 12.3. The summed E-state index contributed by atoms with van der Waals surface area (Å²) < 4.78 is 0.956. The molecule has 1 aromatic heterocycles. The van der Waals surface area contributed by atoms with Gasteiger partial charge in [0.15, 0.2) is 0 Å². The number of rotatable bonds is 2. The number of aromatic nitrogens is 1. The van der Waals surface area contributed by atoms with Gasteiger partial charge >= 0.3 is 0 Å². The van der Waals surface area contributed by atoms with E-state index < -0.39 is 6.10 Å². The van der Waals surface area contributed by atoms with E-state index in [1.807, 2.05) is 54.7 Å². The van der Waals surface area contributed by atoms with E-state index in [1.54, 1.807) is 6.20 Å². The van der Waals surface area contributed by atoms with Crippen molar-refractivity contribution < 1.29 is 5.11 Å². The molecule has 94 valence electrons. The molecule has 3 aromatic rings. The van der Waals surface area contributed by atoms with Crippen molar-refractivity contribution in [3.05, 3.63) is 76.5 Å². The van der Waals surface area contributed by atoms with Gasteiger partial charge in [-0.25, -0.2) is 0 Å². The van der Waals surface area contributed by atoms with Crippen molar-refractivity contribution >= 4 is 26.7 Å². The van der Waals surface area contributed by atoms with Crippen LogP contribution in [0.1, 0.15) is 17.2 Å². The summed E-state index contributed by atoms with van der Waals surface area (Å²) in [6.07, 6.45) is 2.87. The minimum absolute atomic E-state index is 0.670. The number of aliphatic hydroxyl groups excluding tert-OH is 1. The molecule has 1 atom stereocenters. The van der Waals surface area contributed by atoms with E-state index in [4.69, 9.17) is 0 Å². The fourth-order valence-corrected chi connectivity index (χ4v) is 2.63. The lowest BCUT2D eigenvalue weighted by atomic mass is 9.98. The van der Waals surface area contributed by atoms with Crippen LogP contribution in [0.25, 0.3) is 10.8 Å². The third-order valence-electron chi connectivity index (χ3n) is 3.16. The highest BCUT2D eigenvalue weighted by Gasteiger charge is 2.13. The summed E-state index contributed by atoms with van der Waals surface area (Å²) in [6.45, 7) is 0. The van der Waals surface area contributed by atoms with Gasteiger partial charge in [0.1, 0.15) is 6.10 Å². The van der Waals surface area contributed by atoms with Crippen LogP contribution in [0, 0.1) is 0 Å². The summed E-state index contributed by atoms with van der Waals surface area (Å²) in [6, 6.07) is 15.6. The van der Waals surface area contributed by atoms with E-state index in [1.165, 1.54) is 0 Å². The zero-order valence-corrected chi connectivity index (χ0v) is 11.7. The van der Waals surface area contributed by atoms with E-state index >= 15 is 0 Å². The average molecular weight is 314 g/mol. The molecule has 0 aliphatic carbocycles. The molecular formula is C16H12BrNO. The summed E-state index contributed by atoms with van der Waals surface area (Å²) in [5, 5.41) is 12.6. The maximum absolute atomic E-state index is 10.6. The Labute approximate surface area is 119 Å². The molecule has 0 amide bonds. The number of halogens is 1. The van der Waals surface area contributed by atoms with E-state index in [0.717, 1.165) is 26.4 Å². The van der Waals surface area contributed by atoms with Crippen LogP contribution in [0.3, 0.4) is 0 Å². The lowest BCUT2D eigenvalue weighted by Crippen LogP contribution is -2.01. The van der Waals surface area contributed by atoms with E-state index in [0.29, 0.717) is 0 Å². The van der Waals surface area contributed by atoms with E-state index in [9.17, 15) is 5.11 Å². The molecule has 19 heavy (non-hydrogen) atoms. The first-order chi connectivity index (χ1) is 9.25. The number of hydrogen-bond donors (Lipinski definition) is 1. The number of pyridine rings is 1. The van der Waals surface area contributed by atoms with Crippen LogP contribution in [0.15, 0.2) is 65.4 Å². The second-order valence-corrected chi connectivity index (χ2v) is 5.32. The molecule has 0 radical (unpaired) electrons. The minimum atomic E-state index is -0.670.